The lowest BCUT2D eigenvalue weighted by molar-refractivity contribution is -0.146. The number of carbonyl (C=O) groups excluding carboxylic acids is 2. The van der Waals surface area contributed by atoms with Gasteiger partial charge in [0.1, 0.15) is 0 Å². The van der Waals surface area contributed by atoms with Crippen LogP contribution < -0.4 is 5.32 Å². The molecule has 0 aliphatic rings. The first-order valence-electron chi connectivity index (χ1n) is 7.63. The van der Waals surface area contributed by atoms with Crippen molar-refractivity contribution < 1.29 is 14.3 Å². The van der Waals surface area contributed by atoms with Crippen LogP contribution >= 0.6 is 0 Å². The van der Waals surface area contributed by atoms with E-state index in [2.05, 4.69) is 12.2 Å². The number of ether oxygens (including phenoxy) is 1. The van der Waals surface area contributed by atoms with Crippen molar-refractivity contribution in [2.24, 2.45) is 0 Å². The van der Waals surface area contributed by atoms with Crippen LogP contribution in [0.3, 0.4) is 0 Å². The van der Waals surface area contributed by atoms with Crippen LogP contribution in [0.25, 0.3) is 0 Å². The fourth-order valence-corrected chi connectivity index (χ4v) is 2.01. The van der Waals surface area contributed by atoms with Crippen LogP contribution in [0.4, 0.5) is 0 Å². The van der Waals surface area contributed by atoms with Crippen LogP contribution in [-0.4, -0.2) is 48.6 Å². The van der Waals surface area contributed by atoms with E-state index in [1.165, 1.54) is 0 Å². The van der Waals surface area contributed by atoms with Gasteiger partial charge in [-0.1, -0.05) is 19.8 Å². The minimum absolute atomic E-state index is 0.0286. The van der Waals surface area contributed by atoms with Crippen molar-refractivity contribution >= 4 is 11.9 Å². The van der Waals surface area contributed by atoms with E-state index in [0.717, 1.165) is 19.3 Å². The first-order valence-corrected chi connectivity index (χ1v) is 7.63. The molecular weight excluding hydrogens is 256 g/mol. The summed E-state index contributed by atoms with van der Waals surface area (Å²) >= 11 is 0. The Morgan fingerprint density at radius 1 is 1.15 bits per heavy atom. The molecule has 0 heterocycles. The molecule has 0 saturated carbocycles. The lowest BCUT2D eigenvalue weighted by Gasteiger charge is -2.30. The largest absolute Gasteiger partial charge is 0.465 e. The van der Waals surface area contributed by atoms with E-state index in [1.807, 2.05) is 25.7 Å². The van der Waals surface area contributed by atoms with Gasteiger partial charge in [-0.15, -0.1) is 0 Å². The van der Waals surface area contributed by atoms with Crippen LogP contribution in [-0.2, 0) is 14.3 Å². The number of amides is 1. The summed E-state index contributed by atoms with van der Waals surface area (Å²) in [5, 5.41) is 2.93. The summed E-state index contributed by atoms with van der Waals surface area (Å²) < 4.78 is 4.95. The van der Waals surface area contributed by atoms with Crippen LogP contribution in [0.1, 0.15) is 53.9 Å². The van der Waals surface area contributed by atoms with Crippen LogP contribution in [0.15, 0.2) is 0 Å². The third-order valence-electron chi connectivity index (χ3n) is 3.24. The van der Waals surface area contributed by atoms with Crippen LogP contribution in [0.5, 0.6) is 0 Å². The molecule has 0 aliphatic carbocycles. The number of nitrogens with zero attached hydrogens (tertiary/aromatic N) is 1. The fourth-order valence-electron chi connectivity index (χ4n) is 2.01. The number of hydrogen-bond donors (Lipinski definition) is 1. The molecule has 0 rings (SSSR count). The predicted octanol–water partition coefficient (Wildman–Crippen LogP) is 1.95. The molecule has 118 valence electrons. The quantitative estimate of drug-likeness (QED) is 0.492. The highest BCUT2D eigenvalue weighted by atomic mass is 16.5. The second kappa shape index (κ2) is 10.7. The summed E-state index contributed by atoms with van der Waals surface area (Å²) in [6.45, 7) is 10.9. The second-order valence-corrected chi connectivity index (χ2v) is 5.25. The molecule has 0 aromatic heterocycles. The van der Waals surface area contributed by atoms with E-state index in [9.17, 15) is 9.59 Å². The van der Waals surface area contributed by atoms with Gasteiger partial charge in [-0.2, -0.15) is 0 Å². The van der Waals surface area contributed by atoms with Gasteiger partial charge in [0.25, 0.3) is 0 Å². The first kappa shape index (κ1) is 18.9. The average Bonchev–Trinajstić information content (AvgIpc) is 2.40. The molecule has 1 atom stereocenters. The second-order valence-electron chi connectivity index (χ2n) is 5.25. The molecular formula is C15H30N2O3. The van der Waals surface area contributed by atoms with Gasteiger partial charge in [0.2, 0.25) is 5.91 Å². The number of esters is 1. The summed E-state index contributed by atoms with van der Waals surface area (Å²) in [4.78, 5) is 25.5. The Morgan fingerprint density at radius 3 is 2.30 bits per heavy atom. The van der Waals surface area contributed by atoms with E-state index in [4.69, 9.17) is 4.74 Å². The number of hydrogen-bond acceptors (Lipinski definition) is 4. The molecule has 1 unspecified atom stereocenters. The van der Waals surface area contributed by atoms with Crippen LogP contribution in [0, 0.1) is 0 Å². The van der Waals surface area contributed by atoms with Crippen molar-refractivity contribution in [3.05, 3.63) is 0 Å². The van der Waals surface area contributed by atoms with Gasteiger partial charge in [-0.3, -0.25) is 14.5 Å². The molecule has 0 aromatic rings. The van der Waals surface area contributed by atoms with E-state index >= 15 is 0 Å². The Kier molecular flexibility index (Phi) is 10.1. The highest BCUT2D eigenvalue weighted by Gasteiger charge is 2.25. The molecule has 0 radical (unpaired) electrons. The maximum absolute atomic E-state index is 12.1. The maximum Gasteiger partial charge on any atom is 0.320 e. The molecule has 0 spiro atoms. The Morgan fingerprint density at radius 2 is 1.80 bits per heavy atom. The standard InChI is InChI=1S/C15H30N2O3/c1-6-8-9-10-16-15(19)13(5)17(12(3)4)11-14(18)20-7-2/h12-13H,6-11H2,1-5H3,(H,16,19). The Bertz CT molecular complexity index is 293. The van der Waals surface area contributed by atoms with Gasteiger partial charge in [-0.25, -0.2) is 0 Å². The van der Waals surface area contributed by atoms with Gasteiger partial charge in [0.15, 0.2) is 0 Å². The molecule has 0 saturated heterocycles. The summed E-state index contributed by atoms with van der Waals surface area (Å²) in [6.07, 6.45) is 3.24. The number of unbranched alkanes of at least 4 members (excludes halogenated alkanes) is 2. The van der Waals surface area contributed by atoms with Gasteiger partial charge >= 0.3 is 5.97 Å². The minimum atomic E-state index is -0.332. The van der Waals surface area contributed by atoms with Crippen LogP contribution in [0.2, 0.25) is 0 Å². The Balaban J connectivity index is 4.36. The van der Waals surface area contributed by atoms with Crippen molar-refractivity contribution in [2.45, 2.75) is 66.0 Å². The summed E-state index contributed by atoms with van der Waals surface area (Å²) in [7, 11) is 0. The van der Waals surface area contributed by atoms with Crippen molar-refractivity contribution in [3.63, 3.8) is 0 Å². The third-order valence-corrected chi connectivity index (χ3v) is 3.24. The van der Waals surface area contributed by atoms with Crippen molar-refractivity contribution in [1.29, 1.82) is 0 Å². The molecule has 0 aromatic carbocycles. The molecule has 20 heavy (non-hydrogen) atoms. The zero-order valence-electron chi connectivity index (χ0n) is 13.6. The summed E-state index contributed by atoms with van der Waals surface area (Å²) in [6, 6.07) is -0.225. The highest BCUT2D eigenvalue weighted by Crippen LogP contribution is 2.06. The zero-order valence-corrected chi connectivity index (χ0v) is 13.6. The first-order chi connectivity index (χ1) is 9.43. The molecule has 0 fully saturated rings. The molecule has 5 heteroatoms. The number of carbonyl (C=O) groups is 2. The van der Waals surface area contributed by atoms with E-state index in [1.54, 1.807) is 6.92 Å². The lowest BCUT2D eigenvalue weighted by Crippen LogP contribution is -2.50. The highest BCUT2D eigenvalue weighted by molar-refractivity contribution is 5.82. The fraction of sp³-hybridized carbons (Fsp3) is 0.867. The monoisotopic (exact) mass is 286 g/mol. The smallest absolute Gasteiger partial charge is 0.320 e. The van der Waals surface area contributed by atoms with Gasteiger partial charge in [0.05, 0.1) is 19.2 Å². The topological polar surface area (TPSA) is 58.6 Å². The minimum Gasteiger partial charge on any atom is -0.465 e. The van der Waals surface area contributed by atoms with E-state index in [0.29, 0.717) is 13.2 Å². The number of rotatable bonds is 10. The zero-order chi connectivity index (χ0) is 15.5. The predicted molar refractivity (Wildman–Crippen MR) is 80.5 cm³/mol. The number of nitrogens with one attached hydrogen (secondary N) is 1. The molecule has 5 nitrogen and oxygen atoms in total. The summed E-state index contributed by atoms with van der Waals surface area (Å²) in [5.41, 5.74) is 0. The van der Waals surface area contributed by atoms with Crippen molar-refractivity contribution in [3.8, 4) is 0 Å². The third kappa shape index (κ3) is 7.48. The average molecular weight is 286 g/mol. The summed E-state index contributed by atoms with van der Waals surface area (Å²) in [5.74, 6) is -0.314. The molecule has 1 amide bonds. The Labute approximate surface area is 123 Å². The van der Waals surface area contributed by atoms with Gasteiger partial charge in [0, 0.05) is 12.6 Å². The van der Waals surface area contributed by atoms with Crippen molar-refractivity contribution in [1.82, 2.24) is 10.2 Å². The van der Waals surface area contributed by atoms with Gasteiger partial charge in [-0.05, 0) is 34.1 Å². The van der Waals surface area contributed by atoms with Crippen molar-refractivity contribution in [2.75, 3.05) is 19.7 Å². The molecule has 1 N–H and O–H groups in total. The normalized spacial score (nSPS) is 12.6. The van der Waals surface area contributed by atoms with E-state index < -0.39 is 0 Å². The van der Waals surface area contributed by atoms with Gasteiger partial charge < -0.3 is 10.1 Å². The lowest BCUT2D eigenvalue weighted by atomic mass is 10.2. The maximum atomic E-state index is 12.1. The molecule has 0 aliphatic heterocycles. The Hall–Kier alpha value is -1.10. The molecule has 0 bridgehead atoms. The SMILES string of the molecule is CCCCCNC(=O)C(C)N(CC(=O)OCC)C(C)C. The van der Waals surface area contributed by atoms with E-state index in [-0.39, 0.29) is 30.5 Å².